The van der Waals surface area contributed by atoms with Crippen molar-refractivity contribution < 1.29 is 13.2 Å². The van der Waals surface area contributed by atoms with E-state index in [1.807, 2.05) is 24.3 Å². The van der Waals surface area contributed by atoms with Crippen LogP contribution in [0.3, 0.4) is 0 Å². The Bertz CT molecular complexity index is 841. The van der Waals surface area contributed by atoms with Crippen molar-refractivity contribution in [2.45, 2.75) is 18.2 Å². The highest BCUT2D eigenvalue weighted by molar-refractivity contribution is 7.89. The average molecular weight is 344 g/mol. The lowest BCUT2D eigenvalue weighted by Crippen LogP contribution is -2.18. The second-order valence-corrected chi connectivity index (χ2v) is 7.04. The Morgan fingerprint density at radius 3 is 2.46 bits per heavy atom. The molecule has 0 saturated heterocycles. The smallest absolute Gasteiger partial charge is 0.248 e. The maximum absolute atomic E-state index is 12.0. The summed E-state index contributed by atoms with van der Waals surface area (Å²) in [4.78, 5) is 12.1. The SMILES string of the molecule is CCc1cccc(NC(=O)/C=C/c2ccc(S(=O)(=O)NC)cc2)c1. The summed E-state index contributed by atoms with van der Waals surface area (Å²) in [6, 6.07) is 14.0. The number of hydrogen-bond acceptors (Lipinski definition) is 3. The summed E-state index contributed by atoms with van der Waals surface area (Å²) in [5, 5.41) is 2.80. The van der Waals surface area contributed by atoms with Gasteiger partial charge in [0.15, 0.2) is 0 Å². The van der Waals surface area contributed by atoms with Crippen LogP contribution in [0.25, 0.3) is 6.08 Å². The van der Waals surface area contributed by atoms with Crippen LogP contribution in [-0.4, -0.2) is 21.4 Å². The fourth-order valence-corrected chi connectivity index (χ4v) is 2.83. The molecule has 2 aromatic rings. The zero-order chi connectivity index (χ0) is 17.6. The van der Waals surface area contributed by atoms with Gasteiger partial charge in [0.1, 0.15) is 0 Å². The molecule has 2 aromatic carbocycles. The number of benzene rings is 2. The largest absolute Gasteiger partial charge is 0.323 e. The van der Waals surface area contributed by atoms with Crippen molar-refractivity contribution in [2.75, 3.05) is 12.4 Å². The number of amides is 1. The van der Waals surface area contributed by atoms with Crippen molar-refractivity contribution in [3.8, 4) is 0 Å². The Kier molecular flexibility index (Phi) is 5.89. The molecule has 2 N–H and O–H groups in total. The van der Waals surface area contributed by atoms with Gasteiger partial charge in [-0.25, -0.2) is 13.1 Å². The summed E-state index contributed by atoms with van der Waals surface area (Å²) < 4.78 is 25.5. The Hall–Kier alpha value is -2.44. The van der Waals surface area contributed by atoms with Crippen LogP contribution in [0.4, 0.5) is 5.69 Å². The van der Waals surface area contributed by atoms with E-state index in [1.165, 1.54) is 25.3 Å². The molecule has 126 valence electrons. The van der Waals surface area contributed by atoms with Gasteiger partial charge in [-0.15, -0.1) is 0 Å². The van der Waals surface area contributed by atoms with Gasteiger partial charge in [-0.05, 0) is 54.9 Å². The van der Waals surface area contributed by atoms with Crippen molar-refractivity contribution in [3.63, 3.8) is 0 Å². The van der Waals surface area contributed by atoms with Crippen LogP contribution < -0.4 is 10.0 Å². The van der Waals surface area contributed by atoms with E-state index in [0.29, 0.717) is 0 Å². The topological polar surface area (TPSA) is 75.3 Å². The Morgan fingerprint density at radius 2 is 1.83 bits per heavy atom. The fraction of sp³-hybridized carbons (Fsp3) is 0.167. The molecule has 6 heteroatoms. The van der Waals surface area contributed by atoms with E-state index in [-0.39, 0.29) is 10.8 Å². The van der Waals surface area contributed by atoms with Gasteiger partial charge in [0, 0.05) is 11.8 Å². The summed E-state index contributed by atoms with van der Waals surface area (Å²) in [6.45, 7) is 2.05. The van der Waals surface area contributed by atoms with Crippen molar-refractivity contribution in [1.82, 2.24) is 4.72 Å². The highest BCUT2D eigenvalue weighted by atomic mass is 32.2. The first-order chi connectivity index (χ1) is 11.4. The average Bonchev–Trinajstić information content (AvgIpc) is 2.60. The molecule has 0 aliphatic rings. The first-order valence-electron chi connectivity index (χ1n) is 7.56. The number of rotatable bonds is 6. The normalized spacial score (nSPS) is 11.6. The number of nitrogens with one attached hydrogen (secondary N) is 2. The van der Waals surface area contributed by atoms with Crippen LogP contribution in [-0.2, 0) is 21.2 Å². The molecule has 0 aliphatic carbocycles. The molecule has 0 aliphatic heterocycles. The maximum atomic E-state index is 12.0. The van der Waals surface area contributed by atoms with E-state index in [4.69, 9.17) is 0 Å². The van der Waals surface area contributed by atoms with Gasteiger partial charge in [-0.3, -0.25) is 4.79 Å². The number of sulfonamides is 1. The number of carbonyl (C=O) groups excluding carboxylic acids is 1. The Morgan fingerprint density at radius 1 is 1.12 bits per heavy atom. The van der Waals surface area contributed by atoms with Gasteiger partial charge >= 0.3 is 0 Å². The molecule has 0 fully saturated rings. The van der Waals surface area contributed by atoms with Crippen molar-refractivity contribution in [2.24, 2.45) is 0 Å². The van der Waals surface area contributed by atoms with Gasteiger partial charge < -0.3 is 5.32 Å². The number of anilines is 1. The van der Waals surface area contributed by atoms with Gasteiger partial charge in [-0.1, -0.05) is 31.2 Å². The minimum atomic E-state index is -3.45. The highest BCUT2D eigenvalue weighted by Crippen LogP contribution is 2.13. The van der Waals surface area contributed by atoms with Crippen LogP contribution in [0.1, 0.15) is 18.1 Å². The maximum Gasteiger partial charge on any atom is 0.248 e. The quantitative estimate of drug-likeness (QED) is 0.791. The molecule has 0 unspecified atom stereocenters. The summed E-state index contributed by atoms with van der Waals surface area (Å²) in [5.74, 6) is -0.241. The van der Waals surface area contributed by atoms with Crippen LogP contribution in [0.15, 0.2) is 59.5 Å². The minimum Gasteiger partial charge on any atom is -0.323 e. The Balaban J connectivity index is 2.03. The molecule has 0 aromatic heterocycles. The first kappa shape index (κ1) is 17.9. The summed E-state index contributed by atoms with van der Waals surface area (Å²) >= 11 is 0. The molecule has 24 heavy (non-hydrogen) atoms. The molecule has 0 saturated carbocycles. The predicted molar refractivity (Wildman–Crippen MR) is 96.2 cm³/mol. The van der Waals surface area contributed by atoms with E-state index in [9.17, 15) is 13.2 Å². The molecule has 0 spiro atoms. The van der Waals surface area contributed by atoms with E-state index in [2.05, 4.69) is 17.0 Å². The van der Waals surface area contributed by atoms with E-state index >= 15 is 0 Å². The van der Waals surface area contributed by atoms with Gasteiger partial charge in [0.05, 0.1) is 4.90 Å². The molecule has 0 bridgehead atoms. The van der Waals surface area contributed by atoms with E-state index < -0.39 is 10.0 Å². The fourth-order valence-electron chi connectivity index (χ4n) is 2.10. The van der Waals surface area contributed by atoms with Crippen molar-refractivity contribution in [1.29, 1.82) is 0 Å². The lowest BCUT2D eigenvalue weighted by atomic mass is 10.1. The molecule has 0 radical (unpaired) electrons. The first-order valence-corrected chi connectivity index (χ1v) is 9.04. The third kappa shape index (κ3) is 4.78. The van der Waals surface area contributed by atoms with Crippen molar-refractivity contribution >= 4 is 27.7 Å². The predicted octanol–water partition coefficient (Wildman–Crippen LogP) is 2.81. The monoisotopic (exact) mass is 344 g/mol. The molecular weight excluding hydrogens is 324 g/mol. The standard InChI is InChI=1S/C18H20N2O3S/c1-3-14-5-4-6-16(13-14)20-18(21)12-9-15-7-10-17(11-8-15)24(22,23)19-2/h4-13,19H,3H2,1-2H3,(H,20,21)/b12-9+. The molecule has 0 atom stereocenters. The van der Waals surface area contributed by atoms with Crippen LogP contribution in [0.2, 0.25) is 0 Å². The Labute approximate surface area is 142 Å². The summed E-state index contributed by atoms with van der Waals surface area (Å²) in [7, 11) is -2.08. The molecule has 5 nitrogen and oxygen atoms in total. The molecule has 1 amide bonds. The second kappa shape index (κ2) is 7.90. The lowest BCUT2D eigenvalue weighted by molar-refractivity contribution is -0.111. The van der Waals surface area contributed by atoms with Gasteiger partial charge in [0.25, 0.3) is 0 Å². The zero-order valence-electron chi connectivity index (χ0n) is 13.6. The highest BCUT2D eigenvalue weighted by Gasteiger charge is 2.09. The lowest BCUT2D eigenvalue weighted by Gasteiger charge is -2.04. The minimum absolute atomic E-state index is 0.183. The van der Waals surface area contributed by atoms with Crippen LogP contribution in [0.5, 0.6) is 0 Å². The molecular formula is C18H20N2O3S. The third-order valence-electron chi connectivity index (χ3n) is 3.49. The second-order valence-electron chi connectivity index (χ2n) is 5.15. The van der Waals surface area contributed by atoms with E-state index in [1.54, 1.807) is 18.2 Å². The van der Waals surface area contributed by atoms with Gasteiger partial charge in [-0.2, -0.15) is 0 Å². The third-order valence-corrected chi connectivity index (χ3v) is 4.92. The molecule has 2 rings (SSSR count). The van der Waals surface area contributed by atoms with Crippen LogP contribution in [0, 0.1) is 0 Å². The number of carbonyl (C=O) groups is 1. The van der Waals surface area contributed by atoms with Gasteiger partial charge in [0.2, 0.25) is 15.9 Å². The van der Waals surface area contributed by atoms with Crippen molar-refractivity contribution in [3.05, 3.63) is 65.7 Å². The summed E-state index contributed by atoms with van der Waals surface area (Å²) in [5.41, 5.74) is 2.64. The zero-order valence-corrected chi connectivity index (χ0v) is 14.4. The van der Waals surface area contributed by atoms with Crippen LogP contribution >= 0.6 is 0 Å². The molecule has 0 heterocycles. The number of hydrogen-bond donors (Lipinski definition) is 2. The van der Waals surface area contributed by atoms with E-state index in [0.717, 1.165) is 23.2 Å². The number of aryl methyl sites for hydroxylation is 1. The summed E-state index contributed by atoms with van der Waals surface area (Å²) in [6.07, 6.45) is 3.95.